The normalized spacial score (nSPS) is 19.2. The van der Waals surface area contributed by atoms with Crippen LogP contribution in [-0.4, -0.2) is 68.5 Å². The van der Waals surface area contributed by atoms with Crippen molar-refractivity contribution in [1.29, 1.82) is 0 Å². The molecule has 3 rings (SSSR count). The Bertz CT molecular complexity index is 1230. The van der Waals surface area contributed by atoms with Crippen LogP contribution in [0.4, 0.5) is 31.1 Å². The molecule has 2 saturated heterocycles. The summed E-state index contributed by atoms with van der Waals surface area (Å²) in [4.78, 5) is 37.6. The zero-order valence-corrected chi connectivity index (χ0v) is 23.2. The van der Waals surface area contributed by atoms with Crippen LogP contribution in [0.3, 0.4) is 0 Å². The Morgan fingerprint density at radius 3 is 2.10 bits per heavy atom. The van der Waals surface area contributed by atoms with E-state index in [9.17, 15) is 45.8 Å². The van der Waals surface area contributed by atoms with E-state index in [2.05, 4.69) is 10.3 Å². The van der Waals surface area contributed by atoms with E-state index in [0.717, 1.165) is 17.8 Å². The zero-order valence-electron chi connectivity index (χ0n) is 22.4. The SMILES string of the molecule is CC(C)(O)CN=C1NC(=O)SC1=CC1CCN(Cc2ccc(C(F)(F)F)cc2C(F)(F)F)CC1.O=C(O)C=CC(=O)O. The van der Waals surface area contributed by atoms with Crippen molar-refractivity contribution in [3.8, 4) is 0 Å². The Morgan fingerprint density at radius 2 is 1.62 bits per heavy atom. The number of amides is 1. The van der Waals surface area contributed by atoms with Crippen LogP contribution >= 0.6 is 11.8 Å². The van der Waals surface area contributed by atoms with Gasteiger partial charge in [0.05, 0.1) is 28.2 Å². The molecule has 1 aromatic carbocycles. The largest absolute Gasteiger partial charge is 0.478 e. The Morgan fingerprint density at radius 1 is 1.05 bits per heavy atom. The van der Waals surface area contributed by atoms with E-state index in [4.69, 9.17) is 10.2 Å². The zero-order chi connectivity index (χ0) is 31.9. The summed E-state index contributed by atoms with van der Waals surface area (Å²) in [5.41, 5.74) is -3.83. The number of nitrogens with one attached hydrogen (secondary N) is 1. The van der Waals surface area contributed by atoms with Gasteiger partial charge in [0.15, 0.2) is 0 Å². The van der Waals surface area contributed by atoms with E-state index in [0.29, 0.717) is 54.9 Å². The third-order valence-electron chi connectivity index (χ3n) is 5.80. The number of carbonyl (C=O) groups is 3. The molecule has 2 heterocycles. The monoisotopic (exact) mass is 625 g/mol. The van der Waals surface area contributed by atoms with Gasteiger partial charge in [0.25, 0.3) is 5.24 Å². The molecule has 0 atom stereocenters. The maximum atomic E-state index is 13.4. The van der Waals surface area contributed by atoms with Gasteiger partial charge >= 0.3 is 24.3 Å². The van der Waals surface area contributed by atoms with Gasteiger partial charge in [-0.1, -0.05) is 12.1 Å². The first-order chi connectivity index (χ1) is 19.2. The van der Waals surface area contributed by atoms with Gasteiger partial charge in [0.2, 0.25) is 0 Å². The predicted octanol–water partition coefficient (Wildman–Crippen LogP) is 5.16. The quantitative estimate of drug-likeness (QED) is 0.241. The van der Waals surface area contributed by atoms with Gasteiger partial charge in [0.1, 0.15) is 5.84 Å². The molecule has 0 saturated carbocycles. The lowest BCUT2D eigenvalue weighted by atomic mass is 9.95. The molecule has 0 bridgehead atoms. The topological polar surface area (TPSA) is 140 Å². The van der Waals surface area contributed by atoms with Gasteiger partial charge in [-0.05, 0) is 75.2 Å². The molecule has 2 fully saturated rings. The first-order valence-electron chi connectivity index (χ1n) is 12.4. The van der Waals surface area contributed by atoms with Crippen LogP contribution in [-0.2, 0) is 28.5 Å². The maximum absolute atomic E-state index is 13.4. The smallest absolute Gasteiger partial charge is 0.416 e. The number of rotatable bonds is 7. The minimum atomic E-state index is -4.89. The molecule has 9 nitrogen and oxygen atoms in total. The van der Waals surface area contributed by atoms with Crippen LogP contribution in [0.5, 0.6) is 0 Å². The number of aliphatic hydroxyl groups is 1. The fraction of sp³-hybridized carbons (Fsp3) is 0.462. The molecule has 2 aliphatic heterocycles. The number of piperidine rings is 1. The summed E-state index contributed by atoms with van der Waals surface area (Å²) in [6, 6.07) is 1.75. The van der Waals surface area contributed by atoms with Gasteiger partial charge in [0, 0.05) is 18.7 Å². The maximum Gasteiger partial charge on any atom is 0.416 e. The lowest BCUT2D eigenvalue weighted by Gasteiger charge is -2.31. The number of likely N-dealkylation sites (tertiary alicyclic amines) is 1. The van der Waals surface area contributed by atoms with Crippen molar-refractivity contribution in [2.45, 2.75) is 51.2 Å². The van der Waals surface area contributed by atoms with Gasteiger partial charge in [-0.2, -0.15) is 26.3 Å². The molecule has 1 aromatic rings. The molecule has 0 unspecified atom stereocenters. The summed E-state index contributed by atoms with van der Waals surface area (Å²) >= 11 is 0.997. The van der Waals surface area contributed by atoms with Crippen LogP contribution in [0, 0.1) is 5.92 Å². The molecule has 42 heavy (non-hydrogen) atoms. The first-order valence-corrected chi connectivity index (χ1v) is 13.2. The van der Waals surface area contributed by atoms with Crippen LogP contribution in [0.15, 0.2) is 46.3 Å². The lowest BCUT2D eigenvalue weighted by Crippen LogP contribution is -2.33. The number of carbonyl (C=O) groups excluding carboxylic acids is 1. The van der Waals surface area contributed by atoms with E-state index in [1.165, 1.54) is 0 Å². The minimum absolute atomic E-state index is 0.0634. The number of aliphatic carboxylic acids is 2. The molecule has 0 aromatic heterocycles. The van der Waals surface area contributed by atoms with E-state index < -0.39 is 41.0 Å². The number of allylic oxidation sites excluding steroid dienone is 1. The highest BCUT2D eigenvalue weighted by molar-refractivity contribution is 8.18. The number of amidine groups is 1. The second-order valence-electron chi connectivity index (χ2n) is 10.0. The average molecular weight is 626 g/mol. The number of carboxylic acid groups (broad SMARTS) is 2. The number of alkyl halides is 6. The Kier molecular flexibility index (Phi) is 11.8. The molecule has 0 radical (unpaired) electrons. The third-order valence-corrected chi connectivity index (χ3v) is 6.64. The van der Waals surface area contributed by atoms with Gasteiger partial charge in [-0.15, -0.1) is 0 Å². The van der Waals surface area contributed by atoms with Crippen LogP contribution in [0.25, 0.3) is 0 Å². The number of nitrogens with zero attached hydrogens (tertiary/aromatic N) is 2. The van der Waals surface area contributed by atoms with E-state index in [1.54, 1.807) is 18.7 Å². The van der Waals surface area contributed by atoms with Crippen molar-refractivity contribution >= 4 is 34.8 Å². The van der Waals surface area contributed by atoms with E-state index in [1.807, 2.05) is 6.08 Å². The Labute approximate surface area is 241 Å². The van der Waals surface area contributed by atoms with E-state index in [-0.39, 0.29) is 35.9 Å². The number of hydrogen-bond donors (Lipinski definition) is 4. The van der Waals surface area contributed by atoms with Crippen molar-refractivity contribution in [2.24, 2.45) is 10.9 Å². The highest BCUT2D eigenvalue weighted by Gasteiger charge is 2.38. The molecular formula is C26H29F6N3O6S. The molecule has 0 aliphatic carbocycles. The summed E-state index contributed by atoms with van der Waals surface area (Å²) in [6.07, 6.45) is -5.50. The molecular weight excluding hydrogens is 596 g/mol. The predicted molar refractivity (Wildman–Crippen MR) is 142 cm³/mol. The summed E-state index contributed by atoms with van der Waals surface area (Å²) < 4.78 is 78.9. The Hall–Kier alpha value is -3.37. The minimum Gasteiger partial charge on any atom is -0.478 e. The van der Waals surface area contributed by atoms with Crippen molar-refractivity contribution in [3.63, 3.8) is 0 Å². The number of benzene rings is 1. The standard InChI is InChI=1S/C22H25F6N3O2S.C4H4O4/c1-20(2,33)12-29-18-17(34-19(32)30-18)9-13-5-7-31(8-6-13)11-14-3-4-15(21(23,24)25)10-16(14)22(26,27)28;5-3(6)1-2-4(7)8/h3-4,9-10,13,33H,5-8,11-12H2,1-2H3,(H,29,30,32);1-2H,(H,5,6)(H,7,8). The second-order valence-corrected chi connectivity index (χ2v) is 11.0. The summed E-state index contributed by atoms with van der Waals surface area (Å²) in [6.45, 7) is 4.10. The van der Waals surface area contributed by atoms with Crippen LogP contribution < -0.4 is 5.32 Å². The molecule has 232 valence electrons. The van der Waals surface area contributed by atoms with Crippen LogP contribution in [0.2, 0.25) is 0 Å². The molecule has 16 heteroatoms. The third kappa shape index (κ3) is 11.9. The highest BCUT2D eigenvalue weighted by atomic mass is 32.2. The van der Waals surface area contributed by atoms with Gasteiger partial charge in [-0.25, -0.2) is 9.59 Å². The summed E-state index contributed by atoms with van der Waals surface area (Å²) in [5, 5.41) is 27.8. The van der Waals surface area contributed by atoms with Crippen molar-refractivity contribution in [2.75, 3.05) is 19.6 Å². The van der Waals surface area contributed by atoms with Crippen molar-refractivity contribution in [3.05, 3.63) is 58.0 Å². The second kappa shape index (κ2) is 14.2. The number of hydrogen-bond acceptors (Lipinski definition) is 7. The van der Waals surface area contributed by atoms with E-state index >= 15 is 0 Å². The summed E-state index contributed by atoms with van der Waals surface area (Å²) in [5.74, 6) is -2.06. The molecule has 0 spiro atoms. The van der Waals surface area contributed by atoms with Gasteiger partial charge in [-0.3, -0.25) is 14.7 Å². The van der Waals surface area contributed by atoms with Gasteiger partial charge < -0.3 is 20.6 Å². The highest BCUT2D eigenvalue weighted by Crippen LogP contribution is 2.38. The van der Waals surface area contributed by atoms with Crippen LogP contribution in [0.1, 0.15) is 43.4 Å². The van der Waals surface area contributed by atoms with Crippen molar-refractivity contribution in [1.82, 2.24) is 10.2 Å². The molecule has 1 amide bonds. The number of halogens is 6. The summed E-state index contributed by atoms with van der Waals surface area (Å²) in [7, 11) is 0. The number of carboxylic acids is 2. The Balaban J connectivity index is 0.000000675. The number of aliphatic imine (C=N–C) groups is 1. The number of thioether (sulfide) groups is 1. The fourth-order valence-electron chi connectivity index (χ4n) is 3.86. The lowest BCUT2D eigenvalue weighted by molar-refractivity contribution is -0.143. The average Bonchev–Trinajstić information content (AvgIpc) is 3.20. The molecule has 2 aliphatic rings. The fourth-order valence-corrected chi connectivity index (χ4v) is 4.68. The van der Waals surface area contributed by atoms with Crippen molar-refractivity contribution < 1.29 is 56.0 Å². The molecule has 4 N–H and O–H groups in total. The first kappa shape index (κ1) is 34.8.